The lowest BCUT2D eigenvalue weighted by Gasteiger charge is -2.40. The normalized spacial score (nSPS) is 14.1. The Hall–Kier alpha value is -1.37. The monoisotopic (exact) mass is 778 g/mol. The van der Waals surface area contributed by atoms with Gasteiger partial charge in [0.25, 0.3) is 0 Å². The first-order chi connectivity index (χ1) is 27.5. The number of rotatable bonds is 44. The van der Waals surface area contributed by atoms with E-state index in [9.17, 15) is 5.41 Å². The quantitative estimate of drug-likeness (QED) is 0.0362. The summed E-state index contributed by atoms with van der Waals surface area (Å²) in [4.78, 5) is 0. The van der Waals surface area contributed by atoms with Crippen molar-refractivity contribution in [2.24, 2.45) is 17.3 Å². The molecule has 56 heavy (non-hydrogen) atoms. The standard InChI is InChI=1S/C55H103N/c1-7-11-14-17-20-22-24-26-28-30-32-34-36-38-40-43-48-53(49-44-41-39-37-35-33-31-29-27-25-23-21-18-15-12-8-2)55(6,51-46-47-52(5)10-4)54(56)50-45-42-19-16-13-9-3/h20-23,26-29,52-53,56H,7-19,24-25,30-51H2,1-6H3/b22-20-,23-21-,28-26-,29-27-,56-54?. The number of allylic oxidation sites excluding steroid dienone is 8. The highest BCUT2D eigenvalue weighted by Gasteiger charge is 2.36. The minimum atomic E-state index is 0.0882. The smallest absolute Gasteiger partial charge is 0.0151 e. The zero-order valence-corrected chi connectivity index (χ0v) is 39.4. The molecule has 1 N–H and O–H groups in total. The zero-order valence-electron chi connectivity index (χ0n) is 39.4. The molecule has 0 saturated heterocycles. The Balaban J connectivity index is 4.95. The molecule has 0 aromatic carbocycles. The third-order valence-corrected chi connectivity index (χ3v) is 13.0. The van der Waals surface area contributed by atoms with Gasteiger partial charge in [-0.3, -0.25) is 0 Å². The van der Waals surface area contributed by atoms with Gasteiger partial charge in [-0.25, -0.2) is 0 Å². The second kappa shape index (κ2) is 43.2. The Bertz CT molecular complexity index is 874. The van der Waals surface area contributed by atoms with Gasteiger partial charge in [-0.15, -0.1) is 0 Å². The van der Waals surface area contributed by atoms with E-state index >= 15 is 0 Å². The Kier molecular flexibility index (Phi) is 42.2. The summed E-state index contributed by atoms with van der Waals surface area (Å²) in [6.07, 6.45) is 67.6. The van der Waals surface area contributed by atoms with Gasteiger partial charge in [-0.05, 0) is 108 Å². The van der Waals surface area contributed by atoms with E-state index in [2.05, 4.69) is 90.2 Å². The fourth-order valence-electron chi connectivity index (χ4n) is 8.53. The maximum atomic E-state index is 9.60. The minimum Gasteiger partial charge on any atom is -0.309 e. The van der Waals surface area contributed by atoms with E-state index in [0.717, 1.165) is 30.9 Å². The molecule has 328 valence electrons. The van der Waals surface area contributed by atoms with Crippen molar-refractivity contribution in [3.05, 3.63) is 48.6 Å². The molecule has 0 bridgehead atoms. The summed E-state index contributed by atoms with van der Waals surface area (Å²) in [5.41, 5.74) is 1.20. The molecule has 1 nitrogen and oxygen atoms in total. The van der Waals surface area contributed by atoms with Crippen LogP contribution in [0.15, 0.2) is 48.6 Å². The zero-order chi connectivity index (χ0) is 41.1. The predicted octanol–water partition coefficient (Wildman–Crippen LogP) is 20.0. The van der Waals surface area contributed by atoms with Crippen molar-refractivity contribution in [2.45, 2.75) is 279 Å². The van der Waals surface area contributed by atoms with Gasteiger partial charge in [0.2, 0.25) is 0 Å². The molecular formula is C55H103N. The maximum Gasteiger partial charge on any atom is 0.0151 e. The van der Waals surface area contributed by atoms with Crippen molar-refractivity contribution in [3.63, 3.8) is 0 Å². The topological polar surface area (TPSA) is 23.9 Å². The molecule has 0 rings (SSSR count). The van der Waals surface area contributed by atoms with Crippen molar-refractivity contribution in [1.82, 2.24) is 0 Å². The summed E-state index contributed by atoms with van der Waals surface area (Å²) in [7, 11) is 0. The van der Waals surface area contributed by atoms with Crippen molar-refractivity contribution in [3.8, 4) is 0 Å². The van der Waals surface area contributed by atoms with Gasteiger partial charge < -0.3 is 5.41 Å². The molecule has 0 amide bonds. The van der Waals surface area contributed by atoms with Crippen LogP contribution in [0.25, 0.3) is 0 Å². The Morgan fingerprint density at radius 2 is 0.786 bits per heavy atom. The van der Waals surface area contributed by atoms with Gasteiger partial charge in [0.1, 0.15) is 0 Å². The molecule has 0 heterocycles. The van der Waals surface area contributed by atoms with Crippen LogP contribution in [0.3, 0.4) is 0 Å². The number of hydrogen-bond donors (Lipinski definition) is 1. The van der Waals surface area contributed by atoms with E-state index in [-0.39, 0.29) is 5.41 Å². The van der Waals surface area contributed by atoms with Crippen LogP contribution in [0, 0.1) is 22.7 Å². The highest BCUT2D eigenvalue weighted by Crippen LogP contribution is 2.42. The van der Waals surface area contributed by atoms with Crippen molar-refractivity contribution < 1.29 is 0 Å². The molecule has 2 unspecified atom stereocenters. The molecule has 0 aliphatic heterocycles. The Morgan fingerprint density at radius 3 is 1.21 bits per heavy atom. The second-order valence-electron chi connectivity index (χ2n) is 18.3. The fourth-order valence-corrected chi connectivity index (χ4v) is 8.53. The largest absolute Gasteiger partial charge is 0.309 e. The molecule has 2 atom stereocenters. The molecular weight excluding hydrogens is 675 g/mol. The summed E-state index contributed by atoms with van der Waals surface area (Å²) in [5.74, 6) is 1.49. The van der Waals surface area contributed by atoms with Crippen molar-refractivity contribution in [2.75, 3.05) is 0 Å². The third-order valence-electron chi connectivity index (χ3n) is 13.0. The van der Waals surface area contributed by atoms with Crippen LogP contribution >= 0.6 is 0 Å². The summed E-state index contributed by atoms with van der Waals surface area (Å²) >= 11 is 0. The Labute approximate surface area is 354 Å². The van der Waals surface area contributed by atoms with E-state index in [1.165, 1.54) is 218 Å². The molecule has 0 aromatic heterocycles. The van der Waals surface area contributed by atoms with Gasteiger partial charge in [-0.1, -0.05) is 231 Å². The molecule has 0 aliphatic carbocycles. The number of nitrogens with one attached hydrogen (secondary N) is 1. The molecule has 1 heteroatoms. The van der Waals surface area contributed by atoms with Crippen LogP contribution in [0.2, 0.25) is 0 Å². The van der Waals surface area contributed by atoms with E-state index in [4.69, 9.17) is 0 Å². The van der Waals surface area contributed by atoms with E-state index in [1.54, 1.807) is 0 Å². The average molecular weight is 778 g/mol. The summed E-state index contributed by atoms with van der Waals surface area (Å²) in [5, 5.41) is 9.60. The van der Waals surface area contributed by atoms with Crippen LogP contribution in [0.4, 0.5) is 0 Å². The lowest BCUT2D eigenvalue weighted by atomic mass is 9.65. The van der Waals surface area contributed by atoms with Crippen LogP contribution in [-0.2, 0) is 0 Å². The molecule has 0 fully saturated rings. The van der Waals surface area contributed by atoms with Crippen LogP contribution in [-0.4, -0.2) is 5.71 Å². The van der Waals surface area contributed by atoms with E-state index < -0.39 is 0 Å². The molecule has 0 spiro atoms. The lowest BCUT2D eigenvalue weighted by Crippen LogP contribution is -2.36. The lowest BCUT2D eigenvalue weighted by molar-refractivity contribution is 0.207. The highest BCUT2D eigenvalue weighted by atomic mass is 14.5. The minimum absolute atomic E-state index is 0.0882. The van der Waals surface area contributed by atoms with Gasteiger partial charge >= 0.3 is 0 Å². The molecule has 0 aliphatic rings. The first-order valence-electron chi connectivity index (χ1n) is 25.6. The summed E-state index contributed by atoms with van der Waals surface area (Å²) in [6, 6.07) is 0. The Morgan fingerprint density at radius 1 is 0.429 bits per heavy atom. The molecule has 0 saturated carbocycles. The van der Waals surface area contributed by atoms with Crippen molar-refractivity contribution >= 4 is 5.71 Å². The van der Waals surface area contributed by atoms with Gasteiger partial charge in [0.15, 0.2) is 0 Å². The van der Waals surface area contributed by atoms with Crippen LogP contribution in [0.5, 0.6) is 0 Å². The number of unbranched alkanes of at least 4 members (excludes halogenated alkanes) is 23. The summed E-state index contributed by atoms with van der Waals surface area (Å²) < 4.78 is 0. The maximum absolute atomic E-state index is 9.60. The summed E-state index contributed by atoms with van der Waals surface area (Å²) in [6.45, 7) is 14.2. The van der Waals surface area contributed by atoms with Crippen molar-refractivity contribution in [1.29, 1.82) is 5.41 Å². The average Bonchev–Trinajstić information content (AvgIpc) is 3.20. The van der Waals surface area contributed by atoms with Gasteiger partial charge in [0, 0.05) is 11.1 Å². The third kappa shape index (κ3) is 34.7. The predicted molar refractivity (Wildman–Crippen MR) is 259 cm³/mol. The van der Waals surface area contributed by atoms with Gasteiger partial charge in [-0.2, -0.15) is 0 Å². The molecule has 0 aromatic rings. The number of hydrogen-bond acceptors (Lipinski definition) is 1. The SMILES string of the molecule is CCCCC/C=C\C/C=C\CCCCCCCCC(CCCCCCCC/C=C\C/C=C\CCCCC)C(C)(CCCC(C)CC)C(=N)CCCCCCCC. The highest BCUT2D eigenvalue weighted by molar-refractivity contribution is 5.87. The first kappa shape index (κ1) is 54.6. The van der Waals surface area contributed by atoms with Crippen LogP contribution < -0.4 is 0 Å². The van der Waals surface area contributed by atoms with E-state index in [1.807, 2.05) is 0 Å². The second-order valence-corrected chi connectivity index (χ2v) is 18.3. The fraction of sp³-hybridized carbons (Fsp3) is 0.836. The first-order valence-corrected chi connectivity index (χ1v) is 25.6. The van der Waals surface area contributed by atoms with Crippen LogP contribution in [0.1, 0.15) is 279 Å². The molecule has 0 radical (unpaired) electrons. The van der Waals surface area contributed by atoms with Gasteiger partial charge in [0.05, 0.1) is 0 Å². The van der Waals surface area contributed by atoms with E-state index in [0.29, 0.717) is 5.92 Å².